The summed E-state index contributed by atoms with van der Waals surface area (Å²) < 4.78 is 0. The summed E-state index contributed by atoms with van der Waals surface area (Å²) >= 11 is 0. The lowest BCUT2D eigenvalue weighted by molar-refractivity contribution is 0.174. The molecule has 1 aliphatic carbocycles. The van der Waals surface area contributed by atoms with Gasteiger partial charge in [0.05, 0.1) is 6.10 Å². The SMILES string of the molecule is CCCN(CC1CC1)c1ccccc1C(O)CC. The first kappa shape index (κ1) is 13.4. The van der Waals surface area contributed by atoms with E-state index >= 15 is 0 Å². The predicted octanol–water partition coefficient (Wildman–Crippen LogP) is 3.76. The zero-order valence-corrected chi connectivity index (χ0v) is 11.6. The molecule has 0 aliphatic heterocycles. The van der Waals surface area contributed by atoms with Crippen molar-refractivity contribution in [2.24, 2.45) is 5.92 Å². The molecule has 1 atom stereocenters. The van der Waals surface area contributed by atoms with Crippen LogP contribution < -0.4 is 4.90 Å². The van der Waals surface area contributed by atoms with E-state index in [2.05, 4.69) is 30.0 Å². The molecule has 1 saturated carbocycles. The summed E-state index contributed by atoms with van der Waals surface area (Å²) in [7, 11) is 0. The molecule has 1 fully saturated rings. The Bertz CT molecular complexity index is 373. The van der Waals surface area contributed by atoms with Gasteiger partial charge in [-0.15, -0.1) is 0 Å². The standard InChI is InChI=1S/C16H25NO/c1-3-11-17(12-13-9-10-13)15-8-6-5-7-14(15)16(18)4-2/h5-8,13,16,18H,3-4,9-12H2,1-2H3. The van der Waals surface area contributed by atoms with Gasteiger partial charge in [0.25, 0.3) is 0 Å². The van der Waals surface area contributed by atoms with Gasteiger partial charge in [0.15, 0.2) is 0 Å². The number of aliphatic hydroxyl groups is 1. The highest BCUT2D eigenvalue weighted by molar-refractivity contribution is 5.54. The van der Waals surface area contributed by atoms with Crippen molar-refractivity contribution in [1.82, 2.24) is 0 Å². The normalized spacial score (nSPS) is 16.6. The average molecular weight is 247 g/mol. The van der Waals surface area contributed by atoms with Crippen molar-refractivity contribution in [3.8, 4) is 0 Å². The van der Waals surface area contributed by atoms with Crippen LogP contribution in [0.1, 0.15) is 51.2 Å². The molecule has 1 aliphatic rings. The molecular weight excluding hydrogens is 222 g/mol. The van der Waals surface area contributed by atoms with Crippen LogP contribution in [0.15, 0.2) is 24.3 Å². The summed E-state index contributed by atoms with van der Waals surface area (Å²) in [5.74, 6) is 0.878. The second-order valence-electron chi connectivity index (χ2n) is 5.37. The van der Waals surface area contributed by atoms with Crippen LogP contribution in [0.5, 0.6) is 0 Å². The number of nitrogens with zero attached hydrogens (tertiary/aromatic N) is 1. The highest BCUT2D eigenvalue weighted by Gasteiger charge is 2.25. The number of hydrogen-bond donors (Lipinski definition) is 1. The first-order valence-corrected chi connectivity index (χ1v) is 7.28. The van der Waals surface area contributed by atoms with Crippen molar-refractivity contribution < 1.29 is 5.11 Å². The van der Waals surface area contributed by atoms with Crippen LogP contribution in [-0.2, 0) is 0 Å². The molecule has 0 spiro atoms. The van der Waals surface area contributed by atoms with Crippen LogP contribution >= 0.6 is 0 Å². The second kappa shape index (κ2) is 6.24. The number of aliphatic hydroxyl groups excluding tert-OH is 1. The lowest BCUT2D eigenvalue weighted by atomic mass is 10.0. The van der Waals surface area contributed by atoms with Gasteiger partial charge in [0.2, 0.25) is 0 Å². The summed E-state index contributed by atoms with van der Waals surface area (Å²) in [4.78, 5) is 2.46. The van der Waals surface area contributed by atoms with Crippen LogP contribution in [0.2, 0.25) is 0 Å². The van der Waals surface area contributed by atoms with Crippen molar-refractivity contribution in [3.63, 3.8) is 0 Å². The molecule has 18 heavy (non-hydrogen) atoms. The third kappa shape index (κ3) is 3.26. The highest BCUT2D eigenvalue weighted by Crippen LogP contribution is 2.34. The minimum atomic E-state index is -0.334. The van der Waals surface area contributed by atoms with Crippen LogP contribution in [0.3, 0.4) is 0 Å². The molecule has 0 heterocycles. The van der Waals surface area contributed by atoms with Gasteiger partial charge < -0.3 is 10.0 Å². The fourth-order valence-corrected chi connectivity index (χ4v) is 2.47. The Labute approximate surface area is 111 Å². The molecule has 1 aromatic carbocycles. The van der Waals surface area contributed by atoms with Gasteiger partial charge in [-0.05, 0) is 37.7 Å². The van der Waals surface area contributed by atoms with Gasteiger partial charge in [-0.3, -0.25) is 0 Å². The van der Waals surface area contributed by atoms with E-state index in [-0.39, 0.29) is 6.10 Å². The van der Waals surface area contributed by atoms with Crippen molar-refractivity contribution >= 4 is 5.69 Å². The Balaban J connectivity index is 2.21. The number of para-hydroxylation sites is 1. The zero-order chi connectivity index (χ0) is 13.0. The quantitative estimate of drug-likeness (QED) is 0.793. The number of rotatable bonds is 7. The number of hydrogen-bond acceptors (Lipinski definition) is 2. The topological polar surface area (TPSA) is 23.5 Å². The molecule has 0 radical (unpaired) electrons. The monoisotopic (exact) mass is 247 g/mol. The zero-order valence-electron chi connectivity index (χ0n) is 11.6. The second-order valence-corrected chi connectivity index (χ2v) is 5.37. The molecule has 2 heteroatoms. The van der Waals surface area contributed by atoms with Crippen LogP contribution in [0, 0.1) is 5.92 Å². The van der Waals surface area contributed by atoms with E-state index < -0.39 is 0 Å². The van der Waals surface area contributed by atoms with Crippen LogP contribution in [0.4, 0.5) is 5.69 Å². The highest BCUT2D eigenvalue weighted by atomic mass is 16.3. The van der Waals surface area contributed by atoms with Gasteiger partial charge in [-0.2, -0.15) is 0 Å². The van der Waals surface area contributed by atoms with E-state index in [0.29, 0.717) is 0 Å². The Morgan fingerprint density at radius 1 is 1.28 bits per heavy atom. The molecule has 0 saturated heterocycles. The van der Waals surface area contributed by atoms with E-state index in [1.54, 1.807) is 0 Å². The first-order chi connectivity index (χ1) is 8.76. The van der Waals surface area contributed by atoms with Crippen LogP contribution in [0.25, 0.3) is 0 Å². The Kier molecular flexibility index (Phi) is 4.65. The minimum absolute atomic E-state index is 0.334. The maximum absolute atomic E-state index is 10.2. The van der Waals surface area contributed by atoms with Crippen molar-refractivity contribution in [3.05, 3.63) is 29.8 Å². The molecule has 0 aromatic heterocycles. The van der Waals surface area contributed by atoms with E-state index in [9.17, 15) is 5.11 Å². The van der Waals surface area contributed by atoms with E-state index in [1.807, 2.05) is 13.0 Å². The molecule has 0 bridgehead atoms. The van der Waals surface area contributed by atoms with Gasteiger partial charge >= 0.3 is 0 Å². The predicted molar refractivity (Wildman–Crippen MR) is 76.9 cm³/mol. The third-order valence-corrected chi connectivity index (χ3v) is 3.69. The van der Waals surface area contributed by atoms with Crippen molar-refractivity contribution in [2.75, 3.05) is 18.0 Å². The van der Waals surface area contributed by atoms with Gasteiger partial charge in [0, 0.05) is 24.3 Å². The van der Waals surface area contributed by atoms with Crippen molar-refractivity contribution in [2.45, 2.75) is 45.6 Å². The van der Waals surface area contributed by atoms with Crippen LogP contribution in [-0.4, -0.2) is 18.2 Å². The minimum Gasteiger partial charge on any atom is -0.388 e. The van der Waals surface area contributed by atoms with Crippen molar-refractivity contribution in [1.29, 1.82) is 0 Å². The number of anilines is 1. The molecule has 1 unspecified atom stereocenters. The maximum atomic E-state index is 10.2. The average Bonchev–Trinajstić information content (AvgIpc) is 3.21. The third-order valence-electron chi connectivity index (χ3n) is 3.69. The summed E-state index contributed by atoms with van der Waals surface area (Å²) in [6, 6.07) is 8.33. The summed E-state index contributed by atoms with van der Waals surface area (Å²) in [6.45, 7) is 6.50. The van der Waals surface area contributed by atoms with Gasteiger partial charge in [-0.25, -0.2) is 0 Å². The maximum Gasteiger partial charge on any atom is 0.0807 e. The molecule has 1 N–H and O–H groups in total. The lowest BCUT2D eigenvalue weighted by Gasteiger charge is -2.28. The van der Waals surface area contributed by atoms with Gasteiger partial charge in [0.1, 0.15) is 0 Å². The molecule has 2 nitrogen and oxygen atoms in total. The van der Waals surface area contributed by atoms with Gasteiger partial charge in [-0.1, -0.05) is 32.0 Å². The molecule has 2 rings (SSSR count). The Morgan fingerprint density at radius 2 is 2.00 bits per heavy atom. The first-order valence-electron chi connectivity index (χ1n) is 7.28. The number of benzene rings is 1. The van der Waals surface area contributed by atoms with E-state index in [1.165, 1.54) is 18.5 Å². The summed E-state index contributed by atoms with van der Waals surface area (Å²) in [6.07, 6.45) is 4.35. The summed E-state index contributed by atoms with van der Waals surface area (Å²) in [5, 5.41) is 10.2. The molecule has 100 valence electrons. The fraction of sp³-hybridized carbons (Fsp3) is 0.625. The fourth-order valence-electron chi connectivity index (χ4n) is 2.47. The van der Waals surface area contributed by atoms with E-state index in [0.717, 1.165) is 37.4 Å². The molecular formula is C16H25NO. The smallest absolute Gasteiger partial charge is 0.0807 e. The summed E-state index contributed by atoms with van der Waals surface area (Å²) in [5.41, 5.74) is 2.33. The Morgan fingerprint density at radius 3 is 2.61 bits per heavy atom. The molecule has 1 aromatic rings. The Hall–Kier alpha value is -1.02. The lowest BCUT2D eigenvalue weighted by Crippen LogP contribution is -2.27. The largest absolute Gasteiger partial charge is 0.388 e. The molecule has 0 amide bonds. The van der Waals surface area contributed by atoms with E-state index in [4.69, 9.17) is 0 Å².